The topological polar surface area (TPSA) is 72.0 Å². The molecule has 4 aliphatic carbocycles. The van der Waals surface area contributed by atoms with Gasteiger partial charge in [0.15, 0.2) is 0 Å². The Labute approximate surface area is 179 Å². The van der Waals surface area contributed by atoms with Gasteiger partial charge in [0.25, 0.3) is 0 Å². The van der Waals surface area contributed by atoms with Gasteiger partial charge in [0.05, 0.1) is 12.2 Å². The molecular weight excluding hydrogens is 360 g/mol. The molecule has 2 fully saturated rings. The minimum atomic E-state index is -0.0190. The van der Waals surface area contributed by atoms with E-state index in [1.54, 1.807) is 0 Å². The van der Waals surface area contributed by atoms with Crippen LogP contribution in [-0.2, 0) is 0 Å². The third-order valence-corrected chi connectivity index (χ3v) is 7.72. The number of aliphatic hydroxyl groups excluding tert-OH is 2. The highest BCUT2D eigenvalue weighted by atomic mass is 16.3. The normalized spacial score (nSPS) is 37.2. The first-order valence-electron chi connectivity index (χ1n) is 12.3. The van der Waals surface area contributed by atoms with Gasteiger partial charge in [-0.15, -0.1) is 0 Å². The van der Waals surface area contributed by atoms with Crippen molar-refractivity contribution in [2.75, 3.05) is 0 Å². The Kier molecular flexibility index (Phi) is 11.6. The minimum Gasteiger partial charge on any atom is -0.412 e. The fraction of sp³-hybridized carbons (Fsp3) is 0.846. The van der Waals surface area contributed by atoms with Crippen LogP contribution in [0.25, 0.3) is 0 Å². The van der Waals surface area contributed by atoms with Crippen LogP contribution in [0.1, 0.15) is 103 Å². The molecule has 0 saturated heterocycles. The highest BCUT2D eigenvalue weighted by Crippen LogP contribution is 2.35. The van der Waals surface area contributed by atoms with Gasteiger partial charge in [0.1, 0.15) is 0 Å². The first-order chi connectivity index (χ1) is 13.7. The second kappa shape index (κ2) is 13.6. The number of rotatable bonds is 4. The Balaban J connectivity index is 0.000000202. The minimum absolute atomic E-state index is 0. The SMILES string of the molecule is C1=CCC(CC2CC=CCC2)CC1.O.OC1CCC(CC2CCC(O)CC2)CC1. The second-order valence-electron chi connectivity index (χ2n) is 10.1. The van der Waals surface area contributed by atoms with Crippen LogP contribution in [0.2, 0.25) is 0 Å². The molecule has 0 bridgehead atoms. The number of hydrogen-bond acceptors (Lipinski definition) is 2. The fourth-order valence-corrected chi connectivity index (χ4v) is 5.84. The van der Waals surface area contributed by atoms with Gasteiger partial charge in [0.2, 0.25) is 0 Å². The highest BCUT2D eigenvalue weighted by Gasteiger charge is 2.25. The van der Waals surface area contributed by atoms with Crippen molar-refractivity contribution in [2.45, 2.75) is 115 Å². The van der Waals surface area contributed by atoms with Crippen molar-refractivity contribution in [2.24, 2.45) is 23.7 Å². The predicted octanol–water partition coefficient (Wildman–Crippen LogP) is 5.74. The first-order valence-corrected chi connectivity index (χ1v) is 12.3. The van der Waals surface area contributed by atoms with Gasteiger partial charge in [-0.25, -0.2) is 0 Å². The molecule has 29 heavy (non-hydrogen) atoms. The smallest absolute Gasteiger partial charge is 0.0540 e. The van der Waals surface area contributed by atoms with Gasteiger partial charge in [0, 0.05) is 0 Å². The van der Waals surface area contributed by atoms with E-state index in [-0.39, 0.29) is 17.7 Å². The summed E-state index contributed by atoms with van der Waals surface area (Å²) in [6.07, 6.45) is 29.4. The van der Waals surface area contributed by atoms with Crippen LogP contribution in [0.5, 0.6) is 0 Å². The summed E-state index contributed by atoms with van der Waals surface area (Å²) in [6, 6.07) is 0. The zero-order valence-corrected chi connectivity index (χ0v) is 18.5. The molecule has 4 N–H and O–H groups in total. The molecular formula is C26H46O3. The van der Waals surface area contributed by atoms with Gasteiger partial charge in [-0.3, -0.25) is 0 Å². The van der Waals surface area contributed by atoms with E-state index in [1.807, 2.05) is 0 Å². The molecule has 0 amide bonds. The molecule has 0 aliphatic heterocycles. The van der Waals surface area contributed by atoms with Crippen molar-refractivity contribution < 1.29 is 15.7 Å². The van der Waals surface area contributed by atoms with Crippen molar-refractivity contribution in [3.8, 4) is 0 Å². The Hall–Kier alpha value is -0.640. The molecule has 0 aromatic heterocycles. The fourth-order valence-electron chi connectivity index (χ4n) is 5.84. The zero-order chi connectivity index (χ0) is 19.6. The maximum atomic E-state index is 9.43. The highest BCUT2D eigenvalue weighted by molar-refractivity contribution is 4.94. The van der Waals surface area contributed by atoms with Crippen molar-refractivity contribution in [1.82, 2.24) is 0 Å². The van der Waals surface area contributed by atoms with Crippen LogP contribution >= 0.6 is 0 Å². The number of aliphatic hydroxyl groups is 2. The maximum absolute atomic E-state index is 9.43. The van der Waals surface area contributed by atoms with Gasteiger partial charge in [-0.05, 0) is 126 Å². The lowest BCUT2D eigenvalue weighted by Gasteiger charge is -2.31. The Morgan fingerprint density at radius 1 is 0.483 bits per heavy atom. The van der Waals surface area contributed by atoms with Crippen molar-refractivity contribution >= 4 is 0 Å². The van der Waals surface area contributed by atoms with Crippen LogP contribution < -0.4 is 0 Å². The van der Waals surface area contributed by atoms with E-state index in [4.69, 9.17) is 0 Å². The van der Waals surface area contributed by atoms with E-state index >= 15 is 0 Å². The van der Waals surface area contributed by atoms with Crippen LogP contribution in [0.3, 0.4) is 0 Å². The van der Waals surface area contributed by atoms with Crippen LogP contribution in [0.4, 0.5) is 0 Å². The van der Waals surface area contributed by atoms with Crippen molar-refractivity contribution in [3.63, 3.8) is 0 Å². The van der Waals surface area contributed by atoms with Crippen molar-refractivity contribution in [1.29, 1.82) is 0 Å². The third kappa shape index (κ3) is 9.36. The lowest BCUT2D eigenvalue weighted by Crippen LogP contribution is -2.23. The van der Waals surface area contributed by atoms with E-state index in [9.17, 15) is 10.2 Å². The maximum Gasteiger partial charge on any atom is 0.0540 e. The average Bonchev–Trinajstić information content (AvgIpc) is 2.73. The summed E-state index contributed by atoms with van der Waals surface area (Å²) in [6.45, 7) is 0. The average molecular weight is 407 g/mol. The quantitative estimate of drug-likeness (QED) is 0.584. The molecule has 168 valence electrons. The summed E-state index contributed by atoms with van der Waals surface area (Å²) >= 11 is 0. The van der Waals surface area contributed by atoms with Gasteiger partial charge in [-0.2, -0.15) is 0 Å². The number of allylic oxidation sites excluding steroid dienone is 4. The number of hydrogen-bond donors (Lipinski definition) is 2. The first kappa shape index (κ1) is 24.6. The standard InChI is InChI=1S/C13H24O2.C13H20.H2O/c14-12-5-1-10(2-6-12)9-11-3-7-13(15)8-4-11;1-3-7-12(8-4-1)11-13-9-5-2-6-10-13;/h10-15H,1-9H2;1-3,5,12-13H,4,6-11H2;1H2. The van der Waals surface area contributed by atoms with Crippen LogP contribution in [0.15, 0.2) is 24.3 Å². The van der Waals surface area contributed by atoms with Crippen molar-refractivity contribution in [3.05, 3.63) is 24.3 Å². The van der Waals surface area contributed by atoms with Crippen LogP contribution in [-0.4, -0.2) is 27.9 Å². The second-order valence-corrected chi connectivity index (χ2v) is 10.1. The molecule has 3 heteroatoms. The molecule has 2 atom stereocenters. The molecule has 0 aromatic carbocycles. The molecule has 0 radical (unpaired) electrons. The van der Waals surface area contributed by atoms with E-state index in [2.05, 4.69) is 24.3 Å². The lowest BCUT2D eigenvalue weighted by atomic mass is 9.76. The molecule has 0 heterocycles. The molecule has 0 spiro atoms. The predicted molar refractivity (Wildman–Crippen MR) is 122 cm³/mol. The summed E-state index contributed by atoms with van der Waals surface area (Å²) < 4.78 is 0. The van der Waals surface area contributed by atoms with E-state index in [0.717, 1.165) is 49.4 Å². The molecule has 2 unspecified atom stereocenters. The Morgan fingerprint density at radius 2 is 0.862 bits per heavy atom. The molecule has 4 rings (SSSR count). The summed E-state index contributed by atoms with van der Waals surface area (Å²) in [5.74, 6) is 3.71. The summed E-state index contributed by atoms with van der Waals surface area (Å²) in [5.41, 5.74) is 0. The van der Waals surface area contributed by atoms with E-state index in [0.29, 0.717) is 0 Å². The Morgan fingerprint density at radius 3 is 1.21 bits per heavy atom. The molecule has 0 aromatic rings. The molecule has 4 aliphatic rings. The Bertz CT molecular complexity index is 428. The summed E-state index contributed by atoms with van der Waals surface area (Å²) in [7, 11) is 0. The van der Waals surface area contributed by atoms with Gasteiger partial charge >= 0.3 is 0 Å². The lowest BCUT2D eigenvalue weighted by molar-refractivity contribution is 0.0803. The summed E-state index contributed by atoms with van der Waals surface area (Å²) in [5, 5.41) is 18.9. The van der Waals surface area contributed by atoms with Gasteiger partial charge < -0.3 is 15.7 Å². The molecule has 2 saturated carbocycles. The van der Waals surface area contributed by atoms with Crippen LogP contribution in [0, 0.1) is 23.7 Å². The van der Waals surface area contributed by atoms with E-state index in [1.165, 1.54) is 77.0 Å². The third-order valence-electron chi connectivity index (χ3n) is 7.72. The van der Waals surface area contributed by atoms with E-state index < -0.39 is 0 Å². The summed E-state index contributed by atoms with van der Waals surface area (Å²) in [4.78, 5) is 0. The zero-order valence-electron chi connectivity index (χ0n) is 18.5. The largest absolute Gasteiger partial charge is 0.412 e. The van der Waals surface area contributed by atoms with Gasteiger partial charge in [-0.1, -0.05) is 24.3 Å². The molecule has 3 nitrogen and oxygen atoms in total. The monoisotopic (exact) mass is 406 g/mol.